The fourth-order valence-electron chi connectivity index (χ4n) is 1.94. The second-order valence-corrected chi connectivity index (χ2v) is 5.45. The molecule has 0 unspecified atom stereocenters. The first kappa shape index (κ1) is 19.0. The fourth-order valence-corrected chi connectivity index (χ4v) is 2.13. The number of halogens is 1. The number of hydrazone groups is 1. The van der Waals surface area contributed by atoms with Crippen LogP contribution in [0.25, 0.3) is 0 Å². The molecule has 2 aromatic carbocycles. The molecule has 0 atom stereocenters. The van der Waals surface area contributed by atoms with Crippen LogP contribution in [0.1, 0.15) is 15.9 Å². The minimum absolute atomic E-state index is 0.132. The van der Waals surface area contributed by atoms with Crippen LogP contribution in [0, 0.1) is 12.3 Å². The summed E-state index contributed by atoms with van der Waals surface area (Å²) in [5.41, 5.74) is 3.35. The van der Waals surface area contributed by atoms with E-state index in [1.807, 2.05) is 0 Å². The molecule has 2 aromatic rings. The van der Waals surface area contributed by atoms with Crippen LogP contribution in [0.3, 0.4) is 0 Å². The van der Waals surface area contributed by atoms with Crippen molar-refractivity contribution in [3.63, 3.8) is 0 Å². The highest BCUT2D eigenvalue weighted by Gasteiger charge is 2.08. The van der Waals surface area contributed by atoms with E-state index in [2.05, 4.69) is 21.8 Å². The third-order valence-corrected chi connectivity index (χ3v) is 3.35. The van der Waals surface area contributed by atoms with E-state index in [0.717, 1.165) is 0 Å². The van der Waals surface area contributed by atoms with Crippen LogP contribution in [0.4, 0.5) is 0 Å². The van der Waals surface area contributed by atoms with E-state index in [1.54, 1.807) is 42.5 Å². The maximum Gasteiger partial charge on any atom is 0.259 e. The molecule has 0 saturated heterocycles. The SMILES string of the molecule is C#CCOc1ccccc1/C=N/NC(=O)CNC(=O)c1cccc(Cl)c1. The zero-order valence-electron chi connectivity index (χ0n) is 13.7. The number of amides is 2. The van der Waals surface area contributed by atoms with Crippen molar-refractivity contribution in [2.45, 2.75) is 0 Å². The van der Waals surface area contributed by atoms with Gasteiger partial charge in [0, 0.05) is 16.1 Å². The Balaban J connectivity index is 1.84. The van der Waals surface area contributed by atoms with Crippen LogP contribution < -0.4 is 15.5 Å². The third-order valence-electron chi connectivity index (χ3n) is 3.12. The van der Waals surface area contributed by atoms with E-state index >= 15 is 0 Å². The maximum absolute atomic E-state index is 11.9. The van der Waals surface area contributed by atoms with E-state index < -0.39 is 11.8 Å². The number of nitrogens with one attached hydrogen (secondary N) is 2. The van der Waals surface area contributed by atoms with Crippen LogP contribution in [-0.4, -0.2) is 31.2 Å². The quantitative estimate of drug-likeness (QED) is 0.446. The molecule has 0 bridgehead atoms. The number of terminal acetylenes is 1. The number of ether oxygens (including phenoxy) is 1. The Labute approximate surface area is 156 Å². The Morgan fingerprint density at radius 3 is 2.81 bits per heavy atom. The van der Waals surface area contributed by atoms with Gasteiger partial charge in [-0.1, -0.05) is 35.7 Å². The smallest absolute Gasteiger partial charge is 0.259 e. The largest absolute Gasteiger partial charge is 0.480 e. The fraction of sp³-hybridized carbons (Fsp3) is 0.105. The highest BCUT2D eigenvalue weighted by Crippen LogP contribution is 2.15. The number of rotatable bonds is 7. The number of para-hydroxylation sites is 1. The molecular weight excluding hydrogens is 354 g/mol. The molecule has 26 heavy (non-hydrogen) atoms. The molecule has 0 aromatic heterocycles. The van der Waals surface area contributed by atoms with Crippen molar-refractivity contribution < 1.29 is 14.3 Å². The van der Waals surface area contributed by atoms with Crippen molar-refractivity contribution in [3.8, 4) is 18.1 Å². The first-order valence-corrected chi connectivity index (χ1v) is 7.99. The lowest BCUT2D eigenvalue weighted by Crippen LogP contribution is -2.34. The van der Waals surface area contributed by atoms with Gasteiger partial charge in [0.2, 0.25) is 0 Å². The lowest BCUT2D eigenvalue weighted by molar-refractivity contribution is -0.120. The zero-order valence-corrected chi connectivity index (χ0v) is 14.5. The lowest BCUT2D eigenvalue weighted by atomic mass is 10.2. The van der Waals surface area contributed by atoms with Gasteiger partial charge in [0.1, 0.15) is 12.4 Å². The van der Waals surface area contributed by atoms with Crippen LogP contribution in [0.15, 0.2) is 53.6 Å². The zero-order chi connectivity index (χ0) is 18.8. The summed E-state index contributed by atoms with van der Waals surface area (Å²) in [4.78, 5) is 23.7. The molecule has 0 saturated carbocycles. The molecule has 0 spiro atoms. The van der Waals surface area contributed by atoms with Gasteiger partial charge in [0.15, 0.2) is 0 Å². The normalized spacial score (nSPS) is 10.2. The summed E-state index contributed by atoms with van der Waals surface area (Å²) in [6, 6.07) is 13.5. The van der Waals surface area contributed by atoms with Gasteiger partial charge in [0.05, 0.1) is 12.8 Å². The van der Waals surface area contributed by atoms with Gasteiger partial charge in [-0.3, -0.25) is 9.59 Å². The predicted molar refractivity (Wildman–Crippen MR) is 100 cm³/mol. The van der Waals surface area contributed by atoms with Crippen molar-refractivity contribution in [1.29, 1.82) is 0 Å². The van der Waals surface area contributed by atoms with Gasteiger partial charge < -0.3 is 10.1 Å². The van der Waals surface area contributed by atoms with Crippen molar-refractivity contribution in [1.82, 2.24) is 10.7 Å². The van der Waals surface area contributed by atoms with Crippen molar-refractivity contribution in [2.75, 3.05) is 13.2 Å². The molecule has 0 radical (unpaired) electrons. The topological polar surface area (TPSA) is 79.8 Å². The molecule has 2 rings (SSSR count). The third kappa shape index (κ3) is 5.96. The Morgan fingerprint density at radius 1 is 1.23 bits per heavy atom. The molecule has 0 aliphatic carbocycles. The number of hydrogen-bond acceptors (Lipinski definition) is 4. The summed E-state index contributed by atoms with van der Waals surface area (Å²) in [6.07, 6.45) is 6.60. The summed E-state index contributed by atoms with van der Waals surface area (Å²) in [6.45, 7) is -0.0926. The van der Waals surface area contributed by atoms with E-state index in [0.29, 0.717) is 21.9 Å². The van der Waals surface area contributed by atoms with Gasteiger partial charge >= 0.3 is 0 Å². The van der Waals surface area contributed by atoms with E-state index in [-0.39, 0.29) is 13.2 Å². The van der Waals surface area contributed by atoms with E-state index in [9.17, 15) is 9.59 Å². The average Bonchev–Trinajstić information content (AvgIpc) is 2.65. The Morgan fingerprint density at radius 2 is 2.04 bits per heavy atom. The molecule has 6 nitrogen and oxygen atoms in total. The molecule has 2 N–H and O–H groups in total. The summed E-state index contributed by atoms with van der Waals surface area (Å²) >= 11 is 5.82. The minimum Gasteiger partial charge on any atom is -0.480 e. The van der Waals surface area contributed by atoms with Gasteiger partial charge in [-0.25, -0.2) is 5.43 Å². The summed E-state index contributed by atoms with van der Waals surface area (Å²) < 4.78 is 5.37. The Bertz CT molecular complexity index is 859. The number of carbonyl (C=O) groups excluding carboxylic acids is 2. The standard InChI is InChI=1S/C19H16ClN3O3/c1-2-10-26-17-9-4-3-6-15(17)12-22-23-18(24)13-21-19(25)14-7-5-8-16(20)11-14/h1,3-9,11-12H,10,13H2,(H,21,25)(H,23,24)/b22-12+. The summed E-state index contributed by atoms with van der Waals surface area (Å²) in [5.74, 6) is 2.05. The predicted octanol–water partition coefficient (Wildman–Crippen LogP) is 2.23. The molecule has 0 aliphatic heterocycles. The summed E-state index contributed by atoms with van der Waals surface area (Å²) in [7, 11) is 0. The first-order chi connectivity index (χ1) is 12.6. The van der Waals surface area contributed by atoms with E-state index in [4.69, 9.17) is 22.8 Å². The van der Waals surface area contributed by atoms with Gasteiger partial charge in [-0.05, 0) is 30.3 Å². The monoisotopic (exact) mass is 369 g/mol. The van der Waals surface area contributed by atoms with Crippen molar-refractivity contribution in [3.05, 3.63) is 64.7 Å². The van der Waals surface area contributed by atoms with Gasteiger partial charge in [-0.2, -0.15) is 5.10 Å². The van der Waals surface area contributed by atoms with Crippen LogP contribution >= 0.6 is 11.6 Å². The van der Waals surface area contributed by atoms with Crippen LogP contribution in [0.5, 0.6) is 5.75 Å². The second-order valence-electron chi connectivity index (χ2n) is 5.02. The number of nitrogens with zero attached hydrogens (tertiary/aromatic N) is 1. The molecule has 0 aliphatic rings. The molecule has 132 valence electrons. The first-order valence-electron chi connectivity index (χ1n) is 7.61. The van der Waals surface area contributed by atoms with Crippen molar-refractivity contribution >= 4 is 29.6 Å². The molecular formula is C19H16ClN3O3. The number of benzene rings is 2. The number of hydrogen-bond donors (Lipinski definition) is 2. The van der Waals surface area contributed by atoms with Gasteiger partial charge in [0.25, 0.3) is 11.8 Å². The molecule has 2 amide bonds. The van der Waals surface area contributed by atoms with Crippen LogP contribution in [0.2, 0.25) is 5.02 Å². The lowest BCUT2D eigenvalue weighted by Gasteiger charge is -2.06. The molecule has 0 fully saturated rings. The maximum atomic E-state index is 11.9. The molecule has 7 heteroatoms. The highest BCUT2D eigenvalue weighted by molar-refractivity contribution is 6.30. The van der Waals surface area contributed by atoms with Crippen molar-refractivity contribution in [2.24, 2.45) is 5.10 Å². The highest BCUT2D eigenvalue weighted by atomic mass is 35.5. The Hall–Kier alpha value is -3.30. The van der Waals surface area contributed by atoms with E-state index in [1.165, 1.54) is 12.3 Å². The average molecular weight is 370 g/mol. The Kier molecular flexibility index (Phi) is 7.22. The van der Waals surface area contributed by atoms with Crippen LogP contribution in [-0.2, 0) is 4.79 Å². The summed E-state index contributed by atoms with van der Waals surface area (Å²) in [5, 5.41) is 6.77. The molecule has 0 heterocycles. The minimum atomic E-state index is -0.473. The number of carbonyl (C=O) groups is 2. The second kappa shape index (κ2) is 9.87. The van der Waals surface area contributed by atoms with Gasteiger partial charge in [-0.15, -0.1) is 6.42 Å².